The Morgan fingerprint density at radius 2 is 1.79 bits per heavy atom. The molecule has 3 unspecified atom stereocenters. The molecule has 1 fully saturated rings. The first kappa shape index (κ1) is 13.9. The lowest BCUT2D eigenvalue weighted by molar-refractivity contribution is 0.302. The Hall–Kier alpha value is -2.48. The molecular weight excluding hydrogens is 292 g/mol. The minimum atomic E-state index is 0.565. The van der Waals surface area contributed by atoms with E-state index >= 15 is 0 Å². The van der Waals surface area contributed by atoms with Crippen LogP contribution in [0.1, 0.15) is 30.7 Å². The second-order valence-corrected chi connectivity index (χ2v) is 7.08. The molecule has 0 saturated heterocycles. The lowest BCUT2D eigenvalue weighted by Crippen LogP contribution is -2.35. The fourth-order valence-electron chi connectivity index (χ4n) is 4.79. The summed E-state index contributed by atoms with van der Waals surface area (Å²) in [6.45, 7) is 0. The number of allylic oxidation sites excluding steroid dienone is 6. The second-order valence-electron chi connectivity index (χ2n) is 7.08. The van der Waals surface area contributed by atoms with Gasteiger partial charge in [-0.2, -0.15) is 0 Å². The number of benzene rings is 1. The van der Waals surface area contributed by atoms with E-state index in [1.54, 1.807) is 0 Å². The van der Waals surface area contributed by atoms with E-state index in [-0.39, 0.29) is 0 Å². The molecule has 1 aromatic heterocycles. The Labute approximate surface area is 142 Å². The van der Waals surface area contributed by atoms with Gasteiger partial charge >= 0.3 is 0 Å². The molecule has 24 heavy (non-hydrogen) atoms. The number of fused-ring (bicyclic) bond motifs is 3. The van der Waals surface area contributed by atoms with Crippen LogP contribution in [-0.4, -0.2) is 11.0 Å². The van der Waals surface area contributed by atoms with E-state index in [1.807, 2.05) is 0 Å². The van der Waals surface area contributed by atoms with Crippen molar-refractivity contribution in [3.05, 3.63) is 83.8 Å². The Balaban J connectivity index is 1.61. The Kier molecular flexibility index (Phi) is 3.22. The van der Waals surface area contributed by atoms with E-state index in [4.69, 9.17) is 0 Å². The average Bonchev–Trinajstić information content (AvgIpc) is 3.16. The number of aromatic nitrogens is 1. The van der Waals surface area contributed by atoms with Gasteiger partial charge in [0.15, 0.2) is 0 Å². The van der Waals surface area contributed by atoms with Gasteiger partial charge in [0, 0.05) is 34.8 Å². The largest absolute Gasteiger partial charge is 0.381 e. The van der Waals surface area contributed by atoms with Gasteiger partial charge in [0.1, 0.15) is 0 Å². The molecule has 1 aliphatic heterocycles. The molecule has 0 bridgehead atoms. The van der Waals surface area contributed by atoms with Crippen LogP contribution in [0.4, 0.5) is 0 Å². The van der Waals surface area contributed by atoms with Crippen LogP contribution in [0.25, 0.3) is 10.9 Å². The summed E-state index contributed by atoms with van der Waals surface area (Å²) in [5, 5.41) is 5.19. The number of hydrogen-bond acceptors (Lipinski definition) is 1. The van der Waals surface area contributed by atoms with Gasteiger partial charge in [-0.05, 0) is 42.0 Å². The van der Waals surface area contributed by atoms with Crippen molar-refractivity contribution in [2.45, 2.75) is 31.2 Å². The zero-order valence-electron chi connectivity index (χ0n) is 13.7. The van der Waals surface area contributed by atoms with Crippen LogP contribution in [0, 0.1) is 5.92 Å². The van der Waals surface area contributed by atoms with Crippen LogP contribution in [0.2, 0.25) is 0 Å². The molecule has 2 nitrogen and oxygen atoms in total. The van der Waals surface area contributed by atoms with Crippen LogP contribution in [0.3, 0.4) is 0 Å². The van der Waals surface area contributed by atoms with Gasteiger partial charge in [-0.1, -0.05) is 55.0 Å². The zero-order chi connectivity index (χ0) is 15.9. The normalized spacial score (nSPS) is 28.4. The summed E-state index contributed by atoms with van der Waals surface area (Å²) in [5.74, 6) is 1.15. The van der Waals surface area contributed by atoms with Crippen molar-refractivity contribution in [2.75, 3.05) is 0 Å². The topological polar surface area (TPSA) is 27.8 Å². The third-order valence-electron chi connectivity index (χ3n) is 5.80. The third kappa shape index (κ3) is 2.10. The maximum atomic E-state index is 3.80. The third-order valence-corrected chi connectivity index (χ3v) is 5.80. The quantitative estimate of drug-likeness (QED) is 0.765. The maximum Gasteiger partial charge on any atom is 0.0456 e. The van der Waals surface area contributed by atoms with Crippen LogP contribution < -0.4 is 5.32 Å². The monoisotopic (exact) mass is 314 g/mol. The van der Waals surface area contributed by atoms with Crippen molar-refractivity contribution >= 4 is 10.9 Å². The number of H-pyrrole nitrogens is 1. The first-order chi connectivity index (χ1) is 11.9. The van der Waals surface area contributed by atoms with Crippen molar-refractivity contribution in [3.63, 3.8) is 0 Å². The zero-order valence-corrected chi connectivity index (χ0v) is 13.7. The van der Waals surface area contributed by atoms with Crippen molar-refractivity contribution in [1.82, 2.24) is 10.3 Å². The summed E-state index contributed by atoms with van der Waals surface area (Å²) in [4.78, 5) is 3.48. The highest BCUT2D eigenvalue weighted by Gasteiger charge is 2.41. The SMILES string of the molecule is C1=CC=CC2=C(C=C1)NC1CCCC(c3c[nH]c4ccccc34)C21. The minimum absolute atomic E-state index is 0.565. The van der Waals surface area contributed by atoms with Gasteiger partial charge in [0.25, 0.3) is 0 Å². The van der Waals surface area contributed by atoms with E-state index in [2.05, 4.69) is 77.2 Å². The summed E-state index contributed by atoms with van der Waals surface area (Å²) < 4.78 is 0. The molecule has 2 aromatic rings. The molecule has 1 aromatic carbocycles. The van der Waals surface area contributed by atoms with Crippen LogP contribution in [0.15, 0.2) is 78.2 Å². The molecule has 0 spiro atoms. The molecule has 5 rings (SSSR count). The molecule has 120 valence electrons. The molecule has 2 heteroatoms. The molecule has 3 aliphatic rings. The highest BCUT2D eigenvalue weighted by molar-refractivity contribution is 5.83. The Bertz CT molecular complexity index is 894. The number of aromatic amines is 1. The molecule has 1 saturated carbocycles. The highest BCUT2D eigenvalue weighted by atomic mass is 15.0. The van der Waals surface area contributed by atoms with E-state index < -0.39 is 0 Å². The lowest BCUT2D eigenvalue weighted by atomic mass is 9.70. The number of nitrogens with one attached hydrogen (secondary N) is 2. The molecule has 0 radical (unpaired) electrons. The van der Waals surface area contributed by atoms with Crippen LogP contribution >= 0.6 is 0 Å². The summed E-state index contributed by atoms with van der Waals surface area (Å²) in [6.07, 6.45) is 19.2. The van der Waals surface area contributed by atoms with Gasteiger partial charge in [-0.25, -0.2) is 0 Å². The first-order valence-corrected chi connectivity index (χ1v) is 9.00. The second kappa shape index (κ2) is 5.55. The molecule has 2 heterocycles. The summed E-state index contributed by atoms with van der Waals surface area (Å²) >= 11 is 0. The van der Waals surface area contributed by atoms with Crippen molar-refractivity contribution < 1.29 is 0 Å². The number of rotatable bonds is 1. The maximum absolute atomic E-state index is 3.80. The fourth-order valence-corrected chi connectivity index (χ4v) is 4.79. The Morgan fingerprint density at radius 1 is 0.917 bits per heavy atom. The van der Waals surface area contributed by atoms with Gasteiger partial charge in [-0.3, -0.25) is 0 Å². The van der Waals surface area contributed by atoms with Crippen LogP contribution in [-0.2, 0) is 0 Å². The molecule has 0 amide bonds. The van der Waals surface area contributed by atoms with Crippen LogP contribution in [0.5, 0.6) is 0 Å². The van der Waals surface area contributed by atoms with Crippen molar-refractivity contribution in [3.8, 4) is 0 Å². The predicted octanol–water partition coefficient (Wildman–Crippen LogP) is 4.96. The Morgan fingerprint density at radius 3 is 2.75 bits per heavy atom. The molecular formula is C22H22N2. The van der Waals surface area contributed by atoms with Gasteiger partial charge in [-0.15, -0.1) is 0 Å². The predicted molar refractivity (Wildman–Crippen MR) is 99.8 cm³/mol. The summed E-state index contributed by atoms with van der Waals surface area (Å²) in [6, 6.07) is 9.27. The lowest BCUT2D eigenvalue weighted by Gasteiger charge is -2.35. The minimum Gasteiger partial charge on any atom is -0.381 e. The highest BCUT2D eigenvalue weighted by Crippen LogP contribution is 2.48. The standard InChI is InChI=1S/C22H22N2/c1-2-4-12-20-17(9-3-1)22-16(10-7-13-21(22)24-20)18-14-23-19-11-6-5-8-15(18)19/h1-6,8-9,11-12,14,16,21-24H,7,10,13H2. The van der Waals surface area contributed by atoms with Gasteiger partial charge in [0.05, 0.1) is 0 Å². The van der Waals surface area contributed by atoms with Gasteiger partial charge in [0.2, 0.25) is 0 Å². The van der Waals surface area contributed by atoms with E-state index in [9.17, 15) is 0 Å². The molecule has 3 atom stereocenters. The van der Waals surface area contributed by atoms with Gasteiger partial charge < -0.3 is 10.3 Å². The summed E-state index contributed by atoms with van der Waals surface area (Å²) in [7, 11) is 0. The van der Waals surface area contributed by atoms with E-state index in [0.717, 1.165) is 0 Å². The summed E-state index contributed by atoms with van der Waals surface area (Å²) in [5.41, 5.74) is 5.55. The van der Waals surface area contributed by atoms with E-state index in [0.29, 0.717) is 17.9 Å². The molecule has 2 aliphatic carbocycles. The van der Waals surface area contributed by atoms with Crippen molar-refractivity contribution in [1.29, 1.82) is 0 Å². The van der Waals surface area contributed by atoms with E-state index in [1.165, 1.54) is 47.0 Å². The number of para-hydroxylation sites is 1. The smallest absolute Gasteiger partial charge is 0.0456 e. The fraction of sp³-hybridized carbons (Fsp3) is 0.273. The first-order valence-electron chi connectivity index (χ1n) is 9.00. The molecule has 2 N–H and O–H groups in total. The average molecular weight is 314 g/mol. The number of hydrogen-bond donors (Lipinski definition) is 2. The van der Waals surface area contributed by atoms with Crippen molar-refractivity contribution in [2.24, 2.45) is 5.92 Å².